The number of nitrogens with one attached hydrogen (secondary N) is 1. The monoisotopic (exact) mass is 389 g/mol. The van der Waals surface area contributed by atoms with Crippen molar-refractivity contribution in [1.29, 1.82) is 0 Å². The maximum Gasteiger partial charge on any atom is 0.225 e. The minimum atomic E-state index is -0.1000. The van der Waals surface area contributed by atoms with Crippen molar-refractivity contribution in [3.05, 3.63) is 45.9 Å². The summed E-state index contributed by atoms with van der Waals surface area (Å²) in [4.78, 5) is 12.2. The number of rotatable bonds is 2. The molecule has 1 amide bonds. The van der Waals surface area contributed by atoms with Crippen molar-refractivity contribution < 1.29 is 19.0 Å². The van der Waals surface area contributed by atoms with E-state index in [-0.39, 0.29) is 11.8 Å². The van der Waals surface area contributed by atoms with Crippen LogP contribution in [0.1, 0.15) is 23.5 Å². The summed E-state index contributed by atoms with van der Waals surface area (Å²) in [5, 5.41) is 2.93. The molecule has 2 heterocycles. The van der Waals surface area contributed by atoms with E-state index in [1.165, 1.54) is 0 Å². The van der Waals surface area contributed by atoms with E-state index in [4.69, 9.17) is 14.2 Å². The zero-order valence-corrected chi connectivity index (χ0v) is 14.7. The lowest BCUT2D eigenvalue weighted by Crippen LogP contribution is -2.25. The highest BCUT2D eigenvalue weighted by atomic mass is 79.9. The van der Waals surface area contributed by atoms with Gasteiger partial charge in [0.15, 0.2) is 11.5 Å². The summed E-state index contributed by atoms with van der Waals surface area (Å²) in [7, 11) is 1.64. The van der Waals surface area contributed by atoms with Crippen LogP contribution in [0.4, 0.5) is 5.69 Å². The Morgan fingerprint density at radius 2 is 1.88 bits per heavy atom. The van der Waals surface area contributed by atoms with E-state index in [0.29, 0.717) is 25.4 Å². The number of hydrogen-bond donors (Lipinski definition) is 1. The predicted octanol–water partition coefficient (Wildman–Crippen LogP) is 3.70. The molecule has 2 aliphatic rings. The predicted molar refractivity (Wildman–Crippen MR) is 93.2 cm³/mol. The number of methoxy groups -OCH3 is 1. The smallest absolute Gasteiger partial charge is 0.225 e. The van der Waals surface area contributed by atoms with E-state index in [1.807, 2.05) is 30.3 Å². The Balaban J connectivity index is 1.87. The van der Waals surface area contributed by atoms with Crippen LogP contribution < -0.4 is 19.5 Å². The molecule has 0 spiro atoms. The molecule has 0 saturated carbocycles. The molecular formula is C18H16BrNO4. The van der Waals surface area contributed by atoms with Gasteiger partial charge in [0.1, 0.15) is 19.0 Å². The quantitative estimate of drug-likeness (QED) is 0.850. The summed E-state index contributed by atoms with van der Waals surface area (Å²) >= 11 is 3.51. The van der Waals surface area contributed by atoms with Gasteiger partial charge in [0.2, 0.25) is 5.91 Å². The molecule has 24 heavy (non-hydrogen) atoms. The average Bonchev–Trinajstić information content (AvgIpc) is 2.59. The minimum Gasteiger partial charge on any atom is -0.496 e. The summed E-state index contributed by atoms with van der Waals surface area (Å²) in [6, 6.07) is 9.65. The van der Waals surface area contributed by atoms with Gasteiger partial charge in [-0.1, -0.05) is 15.9 Å². The van der Waals surface area contributed by atoms with Crippen LogP contribution in [-0.2, 0) is 4.79 Å². The second kappa shape index (κ2) is 6.02. The lowest BCUT2D eigenvalue weighted by atomic mass is 9.84. The van der Waals surface area contributed by atoms with Crippen molar-refractivity contribution in [2.45, 2.75) is 12.3 Å². The Morgan fingerprint density at radius 3 is 2.62 bits per heavy atom. The van der Waals surface area contributed by atoms with Gasteiger partial charge in [-0.15, -0.1) is 0 Å². The van der Waals surface area contributed by atoms with Crippen LogP contribution in [0.25, 0.3) is 0 Å². The van der Waals surface area contributed by atoms with Crippen LogP contribution in [0.2, 0.25) is 0 Å². The fourth-order valence-corrected chi connectivity index (χ4v) is 3.63. The molecule has 0 aliphatic carbocycles. The number of fused-ring (bicyclic) bond motifs is 2. The largest absolute Gasteiger partial charge is 0.496 e. The highest BCUT2D eigenvalue weighted by molar-refractivity contribution is 9.10. The summed E-state index contributed by atoms with van der Waals surface area (Å²) in [6.07, 6.45) is 0.361. The summed E-state index contributed by atoms with van der Waals surface area (Å²) < 4.78 is 17.8. The second-order valence-corrected chi connectivity index (χ2v) is 6.69. The molecule has 0 aromatic heterocycles. The van der Waals surface area contributed by atoms with Crippen molar-refractivity contribution in [2.24, 2.45) is 0 Å². The Kier molecular flexibility index (Phi) is 3.84. The summed E-state index contributed by atoms with van der Waals surface area (Å²) in [6.45, 7) is 1.05. The first-order chi connectivity index (χ1) is 11.7. The lowest BCUT2D eigenvalue weighted by molar-refractivity contribution is -0.116. The molecule has 1 atom stereocenters. The van der Waals surface area contributed by atoms with E-state index in [0.717, 1.165) is 32.8 Å². The third kappa shape index (κ3) is 2.60. The van der Waals surface area contributed by atoms with Gasteiger partial charge >= 0.3 is 0 Å². The molecule has 0 bridgehead atoms. The highest BCUT2D eigenvalue weighted by Gasteiger charge is 2.31. The molecule has 2 aromatic rings. The zero-order valence-electron chi connectivity index (χ0n) is 13.1. The maximum atomic E-state index is 12.2. The number of ether oxygens (including phenoxy) is 3. The Bertz CT molecular complexity index is 821. The van der Waals surface area contributed by atoms with E-state index >= 15 is 0 Å². The van der Waals surface area contributed by atoms with Gasteiger partial charge in [0.25, 0.3) is 0 Å². The molecule has 0 fully saturated rings. The van der Waals surface area contributed by atoms with Gasteiger partial charge < -0.3 is 19.5 Å². The van der Waals surface area contributed by atoms with Crippen molar-refractivity contribution in [3.8, 4) is 17.2 Å². The van der Waals surface area contributed by atoms with Gasteiger partial charge in [-0.25, -0.2) is 0 Å². The molecule has 5 nitrogen and oxygen atoms in total. The van der Waals surface area contributed by atoms with E-state index < -0.39 is 0 Å². The number of carbonyl (C=O) groups excluding carboxylic acids is 1. The van der Waals surface area contributed by atoms with Crippen molar-refractivity contribution in [2.75, 3.05) is 25.6 Å². The first-order valence-corrected chi connectivity index (χ1v) is 8.52. The van der Waals surface area contributed by atoms with Crippen LogP contribution in [0.3, 0.4) is 0 Å². The zero-order chi connectivity index (χ0) is 16.7. The molecular weight excluding hydrogens is 374 g/mol. The van der Waals surface area contributed by atoms with E-state index in [9.17, 15) is 4.79 Å². The Hall–Kier alpha value is -2.21. The molecule has 0 radical (unpaired) electrons. The molecule has 2 aliphatic heterocycles. The number of anilines is 1. The average molecular weight is 390 g/mol. The molecule has 2 aromatic carbocycles. The second-order valence-electron chi connectivity index (χ2n) is 5.77. The molecule has 0 saturated heterocycles. The standard InChI is InChI=1S/C18H16BrNO4/c1-22-15-3-2-10(19)6-13(15)11-8-18(21)20-14-9-17-16(7-12(11)14)23-4-5-24-17/h2-3,6-7,9,11H,4-5,8H2,1H3,(H,20,21)/t11-/m0/s1. The van der Waals surface area contributed by atoms with Gasteiger partial charge in [0, 0.05) is 34.1 Å². The molecule has 6 heteroatoms. The van der Waals surface area contributed by atoms with Gasteiger partial charge in [-0.3, -0.25) is 4.79 Å². The van der Waals surface area contributed by atoms with Crippen LogP contribution >= 0.6 is 15.9 Å². The van der Waals surface area contributed by atoms with Crippen molar-refractivity contribution >= 4 is 27.5 Å². The Morgan fingerprint density at radius 1 is 1.12 bits per heavy atom. The third-order valence-corrected chi connectivity index (χ3v) is 4.81. The van der Waals surface area contributed by atoms with Crippen molar-refractivity contribution in [1.82, 2.24) is 0 Å². The molecule has 0 unspecified atom stereocenters. The fraction of sp³-hybridized carbons (Fsp3) is 0.278. The fourth-order valence-electron chi connectivity index (χ4n) is 3.25. The number of hydrogen-bond acceptors (Lipinski definition) is 4. The maximum absolute atomic E-state index is 12.2. The lowest BCUT2D eigenvalue weighted by Gasteiger charge is -2.29. The molecule has 4 rings (SSSR count). The SMILES string of the molecule is COc1ccc(Br)cc1[C@H]1CC(=O)Nc2cc3c(cc21)OCCO3. The summed E-state index contributed by atoms with van der Waals surface area (Å²) in [5.41, 5.74) is 2.75. The normalized spacial score (nSPS) is 18.6. The number of carbonyl (C=O) groups is 1. The number of benzene rings is 2. The van der Waals surface area contributed by atoms with Crippen LogP contribution in [0.15, 0.2) is 34.8 Å². The van der Waals surface area contributed by atoms with Crippen LogP contribution in [0, 0.1) is 0 Å². The number of halogens is 1. The summed E-state index contributed by atoms with van der Waals surface area (Å²) in [5.74, 6) is 2.03. The van der Waals surface area contributed by atoms with Gasteiger partial charge in [-0.2, -0.15) is 0 Å². The minimum absolute atomic E-state index is 0.0220. The van der Waals surface area contributed by atoms with Crippen LogP contribution in [0.5, 0.6) is 17.2 Å². The first kappa shape index (κ1) is 15.3. The van der Waals surface area contributed by atoms with Crippen LogP contribution in [-0.4, -0.2) is 26.2 Å². The third-order valence-electron chi connectivity index (χ3n) is 4.32. The first-order valence-electron chi connectivity index (χ1n) is 7.72. The van der Waals surface area contributed by atoms with E-state index in [1.54, 1.807) is 7.11 Å². The van der Waals surface area contributed by atoms with Gasteiger partial charge in [0.05, 0.1) is 7.11 Å². The van der Waals surface area contributed by atoms with Crippen molar-refractivity contribution in [3.63, 3.8) is 0 Å². The number of amides is 1. The molecule has 1 N–H and O–H groups in total. The topological polar surface area (TPSA) is 56.8 Å². The highest BCUT2D eigenvalue weighted by Crippen LogP contribution is 2.46. The molecule has 124 valence electrons. The Labute approximate surface area is 148 Å². The van der Waals surface area contributed by atoms with E-state index in [2.05, 4.69) is 21.2 Å². The van der Waals surface area contributed by atoms with Gasteiger partial charge in [-0.05, 0) is 29.8 Å².